The van der Waals surface area contributed by atoms with E-state index < -0.39 is 15.6 Å². The molecule has 3 saturated heterocycles. The van der Waals surface area contributed by atoms with Crippen LogP contribution in [0.15, 0.2) is 29.2 Å². The monoisotopic (exact) mass is 531 g/mol. The predicted octanol–water partition coefficient (Wildman–Crippen LogP) is 5.33. The van der Waals surface area contributed by atoms with Gasteiger partial charge in [-0.1, -0.05) is 37.5 Å². The molecule has 3 heterocycles. The standard InChI is InChI=1S/C29H45N3O4S/c1-4-24-9-8-10-26(32(24)37(34,35)25-13-11-23(2)12-14-25)29(15-16-29)36-27(33)30-21-17-28(3,18-22-30)31-19-6-5-7-20-31/h11-14,24,26H,4-10,15-22H2,1-3H3/t24-,26-/m1/s1. The van der Waals surface area contributed by atoms with Crippen molar-refractivity contribution in [2.75, 3.05) is 26.2 Å². The highest BCUT2D eigenvalue weighted by atomic mass is 32.2. The summed E-state index contributed by atoms with van der Waals surface area (Å²) in [4.78, 5) is 18.2. The molecule has 2 atom stereocenters. The third kappa shape index (κ3) is 5.30. The summed E-state index contributed by atoms with van der Waals surface area (Å²) >= 11 is 0. The summed E-state index contributed by atoms with van der Waals surface area (Å²) in [6, 6.07) is 6.76. The quantitative estimate of drug-likeness (QED) is 0.497. The van der Waals surface area contributed by atoms with Gasteiger partial charge in [-0.3, -0.25) is 4.90 Å². The summed E-state index contributed by atoms with van der Waals surface area (Å²) in [5.74, 6) is 0. The molecule has 0 radical (unpaired) electrons. The van der Waals surface area contributed by atoms with Gasteiger partial charge >= 0.3 is 6.09 Å². The topological polar surface area (TPSA) is 70.2 Å². The summed E-state index contributed by atoms with van der Waals surface area (Å²) in [7, 11) is -3.70. The van der Waals surface area contributed by atoms with Gasteiger partial charge in [0, 0.05) is 24.7 Å². The molecule has 5 rings (SSSR count). The van der Waals surface area contributed by atoms with Gasteiger partial charge in [0.25, 0.3) is 0 Å². The minimum absolute atomic E-state index is 0.0681. The molecular weight excluding hydrogens is 486 g/mol. The molecule has 1 saturated carbocycles. The van der Waals surface area contributed by atoms with E-state index in [9.17, 15) is 13.2 Å². The molecule has 1 aliphatic carbocycles. The highest BCUT2D eigenvalue weighted by molar-refractivity contribution is 7.89. The highest BCUT2D eigenvalue weighted by Crippen LogP contribution is 2.50. The highest BCUT2D eigenvalue weighted by Gasteiger charge is 2.59. The second-order valence-corrected chi connectivity index (χ2v) is 14.0. The number of nitrogens with zero attached hydrogens (tertiary/aromatic N) is 3. The average Bonchev–Trinajstić information content (AvgIpc) is 3.69. The van der Waals surface area contributed by atoms with Crippen molar-refractivity contribution in [1.82, 2.24) is 14.1 Å². The predicted molar refractivity (Wildman–Crippen MR) is 145 cm³/mol. The number of aryl methyl sites for hydroxylation is 1. The van der Waals surface area contributed by atoms with Crippen molar-refractivity contribution in [2.24, 2.45) is 0 Å². The molecule has 0 unspecified atom stereocenters. The first kappa shape index (κ1) is 26.9. The van der Waals surface area contributed by atoms with Gasteiger partial charge in [-0.2, -0.15) is 4.31 Å². The van der Waals surface area contributed by atoms with Crippen LogP contribution in [0.5, 0.6) is 0 Å². The van der Waals surface area contributed by atoms with Gasteiger partial charge in [-0.15, -0.1) is 0 Å². The number of sulfonamides is 1. The van der Waals surface area contributed by atoms with Gasteiger partial charge in [-0.05, 0) is 96.9 Å². The Hall–Kier alpha value is -1.64. The fourth-order valence-corrected chi connectivity index (χ4v) is 8.92. The smallest absolute Gasteiger partial charge is 0.410 e. The molecule has 4 fully saturated rings. The normalized spacial score (nSPS) is 28.6. The Bertz CT molecular complexity index is 1060. The third-order valence-corrected chi connectivity index (χ3v) is 11.6. The minimum Gasteiger partial charge on any atom is -0.441 e. The first-order valence-corrected chi connectivity index (χ1v) is 16.0. The number of likely N-dealkylation sites (tertiary alicyclic amines) is 2. The molecule has 0 N–H and O–H groups in total. The van der Waals surface area contributed by atoms with Crippen molar-refractivity contribution in [1.29, 1.82) is 0 Å². The van der Waals surface area contributed by atoms with E-state index in [0.29, 0.717) is 18.0 Å². The second kappa shape index (κ2) is 10.5. The van der Waals surface area contributed by atoms with Crippen LogP contribution in [-0.4, -0.2) is 78.0 Å². The number of rotatable bonds is 6. The first-order chi connectivity index (χ1) is 17.7. The van der Waals surface area contributed by atoms with Crippen molar-refractivity contribution < 1.29 is 17.9 Å². The van der Waals surface area contributed by atoms with Crippen LogP contribution in [0.25, 0.3) is 0 Å². The summed E-state index contributed by atoms with van der Waals surface area (Å²) in [5, 5.41) is 0. The fourth-order valence-electron chi connectivity index (χ4n) is 6.92. The zero-order valence-electron chi connectivity index (χ0n) is 23.0. The van der Waals surface area contributed by atoms with Gasteiger partial charge in [0.1, 0.15) is 5.60 Å². The van der Waals surface area contributed by atoms with Crippen molar-refractivity contribution in [3.05, 3.63) is 29.8 Å². The van der Waals surface area contributed by atoms with E-state index in [1.165, 1.54) is 19.3 Å². The number of benzene rings is 1. The molecule has 7 nitrogen and oxygen atoms in total. The van der Waals surface area contributed by atoms with E-state index in [-0.39, 0.29) is 23.7 Å². The molecular formula is C29H45N3O4S. The number of amides is 1. The average molecular weight is 532 g/mol. The van der Waals surface area contributed by atoms with E-state index in [1.807, 2.05) is 24.0 Å². The molecule has 4 aliphatic rings. The van der Waals surface area contributed by atoms with Crippen LogP contribution in [0.4, 0.5) is 4.79 Å². The number of hydrogen-bond donors (Lipinski definition) is 0. The summed E-state index contributed by atoms with van der Waals surface area (Å²) < 4.78 is 35.9. The van der Waals surface area contributed by atoms with Gasteiger partial charge in [0.2, 0.25) is 10.0 Å². The van der Waals surface area contributed by atoms with Crippen LogP contribution in [0.1, 0.15) is 90.0 Å². The van der Waals surface area contributed by atoms with Gasteiger partial charge < -0.3 is 9.64 Å². The molecule has 1 aromatic carbocycles. The fraction of sp³-hybridized carbons (Fsp3) is 0.759. The summed E-state index contributed by atoms with van der Waals surface area (Å²) in [6.07, 6.45) is 10.3. The first-order valence-electron chi connectivity index (χ1n) is 14.5. The van der Waals surface area contributed by atoms with E-state index in [0.717, 1.165) is 70.0 Å². The number of carbonyl (C=O) groups is 1. The number of hydrogen-bond acceptors (Lipinski definition) is 5. The summed E-state index contributed by atoms with van der Waals surface area (Å²) in [6.45, 7) is 10.1. The molecule has 0 spiro atoms. The number of ether oxygens (including phenoxy) is 1. The lowest BCUT2D eigenvalue weighted by Crippen LogP contribution is -2.58. The maximum Gasteiger partial charge on any atom is 0.410 e. The Morgan fingerprint density at radius 1 is 0.946 bits per heavy atom. The van der Waals surface area contributed by atoms with Crippen LogP contribution in [-0.2, 0) is 14.8 Å². The lowest BCUT2D eigenvalue weighted by Gasteiger charge is -2.48. The Balaban J connectivity index is 1.30. The molecule has 1 aromatic rings. The van der Waals surface area contributed by atoms with Crippen molar-refractivity contribution in [3.63, 3.8) is 0 Å². The lowest BCUT2D eigenvalue weighted by molar-refractivity contribution is -0.0235. The third-order valence-electron chi connectivity index (χ3n) is 9.61. The van der Waals surface area contributed by atoms with E-state index >= 15 is 0 Å². The van der Waals surface area contributed by atoms with Crippen molar-refractivity contribution in [3.8, 4) is 0 Å². The van der Waals surface area contributed by atoms with Crippen LogP contribution in [0, 0.1) is 6.92 Å². The summed E-state index contributed by atoms with van der Waals surface area (Å²) in [5.41, 5.74) is 0.494. The zero-order chi connectivity index (χ0) is 26.3. The van der Waals surface area contributed by atoms with Crippen LogP contribution in [0.3, 0.4) is 0 Å². The zero-order valence-corrected chi connectivity index (χ0v) is 23.8. The molecule has 0 bridgehead atoms. The van der Waals surface area contributed by atoms with Gasteiger partial charge in [0.15, 0.2) is 0 Å². The Labute approximate surface area is 223 Å². The Kier molecular flexibility index (Phi) is 7.64. The maximum absolute atomic E-state index is 13.9. The molecule has 206 valence electrons. The van der Waals surface area contributed by atoms with Crippen molar-refractivity contribution in [2.45, 2.75) is 120 Å². The second-order valence-electron chi connectivity index (χ2n) is 12.1. The number of carbonyl (C=O) groups excluding carboxylic acids is 1. The van der Waals surface area contributed by atoms with Crippen molar-refractivity contribution >= 4 is 16.1 Å². The molecule has 1 amide bonds. The van der Waals surface area contributed by atoms with E-state index in [2.05, 4.69) is 18.7 Å². The molecule has 37 heavy (non-hydrogen) atoms. The molecule has 8 heteroatoms. The van der Waals surface area contributed by atoms with E-state index in [1.54, 1.807) is 16.4 Å². The Morgan fingerprint density at radius 3 is 2.19 bits per heavy atom. The lowest BCUT2D eigenvalue weighted by atomic mass is 9.86. The van der Waals surface area contributed by atoms with Crippen LogP contribution < -0.4 is 0 Å². The molecule has 3 aliphatic heterocycles. The minimum atomic E-state index is -3.70. The molecule has 0 aromatic heterocycles. The largest absolute Gasteiger partial charge is 0.441 e. The maximum atomic E-state index is 13.9. The van der Waals surface area contributed by atoms with Gasteiger partial charge in [0.05, 0.1) is 10.9 Å². The van der Waals surface area contributed by atoms with Gasteiger partial charge in [-0.25, -0.2) is 13.2 Å². The number of piperidine rings is 3. The Morgan fingerprint density at radius 2 is 1.59 bits per heavy atom. The SMILES string of the molecule is CC[C@@H]1CCC[C@H](C2(OC(=O)N3CCC(C)(N4CCCCC4)CC3)CC2)N1S(=O)(=O)c1ccc(C)cc1. The van der Waals surface area contributed by atoms with Crippen LogP contribution in [0.2, 0.25) is 0 Å². The van der Waals surface area contributed by atoms with E-state index in [4.69, 9.17) is 4.74 Å². The van der Waals surface area contributed by atoms with Crippen LogP contribution >= 0.6 is 0 Å².